The Morgan fingerprint density at radius 3 is 1.12 bits per heavy atom. The van der Waals surface area contributed by atoms with Crippen LogP contribution in [0.5, 0.6) is 0 Å². The molecule has 6 aromatic rings. The number of aliphatic hydroxyl groups excluding tert-OH is 2. The van der Waals surface area contributed by atoms with Crippen molar-refractivity contribution in [2.45, 2.75) is 125 Å². The number of imidazole rings is 2. The fourth-order valence-corrected chi connectivity index (χ4v) is 10.1. The maximum atomic E-state index is 12.8. The van der Waals surface area contributed by atoms with Crippen LogP contribution in [0.2, 0.25) is 0 Å². The van der Waals surface area contributed by atoms with E-state index in [1.807, 2.05) is 33.6 Å². The van der Waals surface area contributed by atoms with Crippen LogP contribution in [0.25, 0.3) is 11.0 Å². The lowest BCUT2D eigenvalue weighted by Crippen LogP contribution is -2.21. The van der Waals surface area contributed by atoms with Gasteiger partial charge in [0, 0.05) is 23.5 Å². The molecule has 0 bridgehead atoms. The highest BCUT2D eigenvalue weighted by Gasteiger charge is 2.37. The minimum absolute atomic E-state index is 0.161. The van der Waals surface area contributed by atoms with Crippen molar-refractivity contribution in [3.8, 4) is 0 Å². The molecular weight excluding hydrogens is 779 g/mol. The molecule has 12 heteroatoms. The van der Waals surface area contributed by atoms with Gasteiger partial charge in [-0.25, -0.2) is 9.97 Å². The van der Waals surface area contributed by atoms with Crippen molar-refractivity contribution >= 4 is 11.0 Å². The molecule has 2 aromatic carbocycles. The number of hydrogen-bond donors (Lipinski definition) is 2. The number of pyridine rings is 2. The van der Waals surface area contributed by atoms with E-state index in [0.717, 1.165) is 84.7 Å². The first-order chi connectivity index (χ1) is 28.8. The fraction of sp³-hybridized carbons (Fsp3) is 0.458. The molecule has 4 aliphatic carbocycles. The molecule has 2 atom stereocenters. The van der Waals surface area contributed by atoms with E-state index in [-0.39, 0.29) is 23.7 Å². The summed E-state index contributed by atoms with van der Waals surface area (Å²) in [7, 11) is 0. The van der Waals surface area contributed by atoms with Gasteiger partial charge >= 0.3 is 12.4 Å². The molecule has 0 amide bonds. The van der Waals surface area contributed by atoms with Gasteiger partial charge in [-0.05, 0) is 171 Å². The van der Waals surface area contributed by atoms with Gasteiger partial charge in [-0.3, -0.25) is 0 Å². The van der Waals surface area contributed by atoms with Crippen LogP contribution < -0.4 is 0 Å². The van der Waals surface area contributed by atoms with E-state index in [2.05, 4.69) is 22.1 Å². The molecular formula is C48H50F6N4O2. The minimum atomic E-state index is -4.30. The lowest BCUT2D eigenvalue weighted by atomic mass is 9.74. The van der Waals surface area contributed by atoms with Crippen LogP contribution in [-0.4, -0.2) is 29.0 Å². The number of nitrogens with zero attached hydrogens (tertiary/aromatic N) is 4. The second-order valence-electron chi connectivity index (χ2n) is 17.6. The number of halogens is 6. The number of hydrogen-bond acceptors (Lipinski definition) is 4. The molecule has 4 heterocycles. The van der Waals surface area contributed by atoms with Crippen molar-refractivity contribution in [1.29, 1.82) is 0 Å². The monoisotopic (exact) mass is 828 g/mol. The number of rotatable bonds is 8. The maximum Gasteiger partial charge on any atom is 0.416 e. The molecule has 60 heavy (non-hydrogen) atoms. The number of alkyl halides is 6. The third-order valence-electron chi connectivity index (χ3n) is 13.8. The van der Waals surface area contributed by atoms with Crippen LogP contribution in [0.3, 0.4) is 0 Å². The molecule has 0 aliphatic heterocycles. The Labute approximate surface area is 345 Å². The second-order valence-corrected chi connectivity index (χ2v) is 17.6. The SMILES string of the molecule is O[C@@H](c1c(C2CC2)ccn2cncc12)C1CCC(c2ccc(C(F)(F)F)cc2)CC1.O[C@H](c1c(C2CC2)ccn2cncc12)C1CCC(c2ccc(C(F)(F)F)cc2)CC1. The summed E-state index contributed by atoms with van der Waals surface area (Å²) in [5.41, 5.74) is 7.24. The van der Waals surface area contributed by atoms with Gasteiger partial charge < -0.3 is 19.0 Å². The molecule has 6 nitrogen and oxygen atoms in total. The molecule has 4 aromatic heterocycles. The van der Waals surface area contributed by atoms with E-state index < -0.39 is 35.7 Å². The molecule has 4 fully saturated rings. The van der Waals surface area contributed by atoms with E-state index in [4.69, 9.17) is 0 Å². The van der Waals surface area contributed by atoms with Gasteiger partial charge in [0.1, 0.15) is 0 Å². The lowest BCUT2D eigenvalue weighted by Gasteiger charge is -2.33. The topological polar surface area (TPSA) is 75.1 Å². The summed E-state index contributed by atoms with van der Waals surface area (Å²) < 4.78 is 80.8. The Bertz CT molecular complexity index is 2230. The van der Waals surface area contributed by atoms with E-state index in [9.17, 15) is 36.6 Å². The predicted octanol–water partition coefficient (Wildman–Crippen LogP) is 12.5. The number of fused-ring (bicyclic) bond motifs is 2. The highest BCUT2D eigenvalue weighted by atomic mass is 19.4. The molecule has 2 N–H and O–H groups in total. The third-order valence-corrected chi connectivity index (χ3v) is 13.8. The van der Waals surface area contributed by atoms with E-state index >= 15 is 0 Å². The molecule has 10 rings (SSSR count). The van der Waals surface area contributed by atoms with Crippen molar-refractivity contribution < 1.29 is 36.6 Å². The Hall–Kier alpha value is -4.68. The van der Waals surface area contributed by atoms with Crippen molar-refractivity contribution in [2.24, 2.45) is 11.8 Å². The number of benzene rings is 2. The van der Waals surface area contributed by atoms with Crippen LogP contribution in [-0.2, 0) is 12.4 Å². The van der Waals surface area contributed by atoms with Gasteiger partial charge in [0.2, 0.25) is 0 Å². The smallest absolute Gasteiger partial charge is 0.388 e. The molecule has 0 radical (unpaired) electrons. The summed E-state index contributed by atoms with van der Waals surface area (Å²) in [6, 6.07) is 15.4. The number of aliphatic hydroxyl groups is 2. The van der Waals surface area contributed by atoms with Crippen LogP contribution in [0.1, 0.15) is 157 Å². The van der Waals surface area contributed by atoms with Gasteiger partial charge in [-0.15, -0.1) is 0 Å². The van der Waals surface area contributed by atoms with E-state index in [1.54, 1.807) is 36.9 Å². The largest absolute Gasteiger partial charge is 0.416 e. The molecule has 0 saturated heterocycles. The highest BCUT2D eigenvalue weighted by Crippen LogP contribution is 2.50. The molecule has 4 aliphatic rings. The van der Waals surface area contributed by atoms with Crippen molar-refractivity contribution in [3.63, 3.8) is 0 Å². The van der Waals surface area contributed by atoms with Gasteiger partial charge in [0.15, 0.2) is 0 Å². The first-order valence-electron chi connectivity index (χ1n) is 21.4. The maximum absolute atomic E-state index is 12.8. The van der Waals surface area contributed by atoms with E-state index in [0.29, 0.717) is 11.8 Å². The summed E-state index contributed by atoms with van der Waals surface area (Å²) in [6.07, 6.45) is 13.3. The predicted molar refractivity (Wildman–Crippen MR) is 217 cm³/mol. The third kappa shape index (κ3) is 8.46. The summed E-state index contributed by atoms with van der Waals surface area (Å²) in [6.45, 7) is 0. The quantitative estimate of drug-likeness (QED) is 0.150. The Morgan fingerprint density at radius 1 is 0.467 bits per heavy atom. The zero-order chi connectivity index (χ0) is 41.8. The number of aromatic nitrogens is 4. The second kappa shape index (κ2) is 16.3. The van der Waals surface area contributed by atoms with Crippen molar-refractivity contribution in [3.05, 3.63) is 143 Å². The Balaban J connectivity index is 0.000000154. The zero-order valence-corrected chi connectivity index (χ0v) is 33.3. The molecule has 0 unspecified atom stereocenters. The zero-order valence-electron chi connectivity index (χ0n) is 33.3. The summed E-state index contributed by atoms with van der Waals surface area (Å²) >= 11 is 0. The van der Waals surface area contributed by atoms with Crippen molar-refractivity contribution in [2.75, 3.05) is 0 Å². The Kier molecular flexibility index (Phi) is 11.1. The Morgan fingerprint density at radius 2 is 0.800 bits per heavy atom. The summed E-state index contributed by atoms with van der Waals surface area (Å²) in [5, 5.41) is 22.7. The van der Waals surface area contributed by atoms with Gasteiger partial charge in [-0.1, -0.05) is 24.3 Å². The normalized spacial score (nSPS) is 23.6. The first kappa shape index (κ1) is 40.7. The molecule has 4 saturated carbocycles. The highest BCUT2D eigenvalue weighted by molar-refractivity contribution is 5.60. The minimum Gasteiger partial charge on any atom is -0.388 e. The van der Waals surface area contributed by atoms with Crippen molar-refractivity contribution in [1.82, 2.24) is 18.8 Å². The fourth-order valence-electron chi connectivity index (χ4n) is 10.1. The summed E-state index contributed by atoms with van der Waals surface area (Å²) in [5.74, 6) is 1.91. The molecule has 316 valence electrons. The van der Waals surface area contributed by atoms with Crippen LogP contribution >= 0.6 is 0 Å². The first-order valence-corrected chi connectivity index (χ1v) is 21.4. The standard InChI is InChI=1S/2C24H25F3N2O/c2*25-24(26,27)19-9-7-16(8-10-19)15-1-5-18(6-2-15)23(30)22-20(17-3-4-17)11-12-29-14-28-13-21(22)29/h2*7-15,17-18,23,30H,1-6H2/t2*15?,18?,23-/m10/s1. The average Bonchev–Trinajstić information content (AvgIpc) is 4.19. The summed E-state index contributed by atoms with van der Waals surface area (Å²) in [4.78, 5) is 8.52. The van der Waals surface area contributed by atoms with Crippen LogP contribution in [0, 0.1) is 11.8 Å². The van der Waals surface area contributed by atoms with Gasteiger partial charge in [0.25, 0.3) is 0 Å². The van der Waals surface area contributed by atoms with Crippen LogP contribution in [0.4, 0.5) is 26.3 Å². The van der Waals surface area contributed by atoms with Gasteiger partial charge in [-0.2, -0.15) is 26.3 Å². The van der Waals surface area contributed by atoms with E-state index in [1.165, 1.54) is 61.1 Å². The molecule has 0 spiro atoms. The van der Waals surface area contributed by atoms with Gasteiger partial charge in [0.05, 0.1) is 59.4 Å². The van der Waals surface area contributed by atoms with Crippen LogP contribution in [0.15, 0.2) is 98.1 Å². The lowest BCUT2D eigenvalue weighted by molar-refractivity contribution is -0.138. The average molecular weight is 829 g/mol.